The molecule has 21 heavy (non-hydrogen) atoms. The molecular formula is C15H17F3O3. The molecule has 1 N–H and O–H groups in total. The van der Waals surface area contributed by atoms with Crippen LogP contribution in [0.15, 0.2) is 24.3 Å². The highest BCUT2D eigenvalue weighted by molar-refractivity contribution is 5.39. The number of ether oxygens (including phenoxy) is 2. The SMILES string of the molecule is OCCC#Cc1cccc(OCCCOCC(F)(F)F)c1. The summed E-state index contributed by atoms with van der Waals surface area (Å²) >= 11 is 0. The van der Waals surface area contributed by atoms with Gasteiger partial charge >= 0.3 is 6.18 Å². The Morgan fingerprint density at radius 1 is 1.19 bits per heavy atom. The predicted octanol–water partition coefficient (Wildman–Crippen LogP) is 2.77. The first-order valence-electron chi connectivity index (χ1n) is 6.48. The summed E-state index contributed by atoms with van der Waals surface area (Å²) in [4.78, 5) is 0. The van der Waals surface area contributed by atoms with Gasteiger partial charge in [0.15, 0.2) is 0 Å². The standard InChI is InChI=1S/C15H17F3O3/c16-15(17,18)12-20-9-4-10-21-14-7-3-6-13(11-14)5-1-2-8-19/h3,6-7,11,19H,2,4,8-10,12H2. The van der Waals surface area contributed by atoms with Crippen molar-refractivity contribution < 1.29 is 27.8 Å². The van der Waals surface area contributed by atoms with Crippen molar-refractivity contribution in [3.05, 3.63) is 29.8 Å². The summed E-state index contributed by atoms with van der Waals surface area (Å²) in [5, 5.41) is 8.63. The van der Waals surface area contributed by atoms with E-state index in [9.17, 15) is 13.2 Å². The van der Waals surface area contributed by atoms with E-state index < -0.39 is 12.8 Å². The van der Waals surface area contributed by atoms with Crippen LogP contribution in [-0.4, -0.2) is 37.7 Å². The van der Waals surface area contributed by atoms with E-state index in [4.69, 9.17) is 9.84 Å². The van der Waals surface area contributed by atoms with Gasteiger partial charge in [0.1, 0.15) is 12.4 Å². The normalized spacial score (nSPS) is 10.9. The minimum absolute atomic E-state index is 0.00446. The molecule has 0 radical (unpaired) electrons. The summed E-state index contributed by atoms with van der Waals surface area (Å²) in [6.45, 7) is -0.953. The second kappa shape index (κ2) is 9.27. The third-order valence-electron chi connectivity index (χ3n) is 2.27. The average molecular weight is 302 g/mol. The molecule has 3 nitrogen and oxygen atoms in total. The summed E-state index contributed by atoms with van der Waals surface area (Å²) in [5.74, 6) is 6.27. The maximum Gasteiger partial charge on any atom is 0.411 e. The van der Waals surface area contributed by atoms with E-state index in [0.29, 0.717) is 18.6 Å². The maximum absolute atomic E-state index is 11.8. The van der Waals surface area contributed by atoms with Gasteiger partial charge in [-0.05, 0) is 18.2 Å². The van der Waals surface area contributed by atoms with Gasteiger partial charge in [-0.15, -0.1) is 0 Å². The van der Waals surface area contributed by atoms with Gasteiger partial charge < -0.3 is 14.6 Å². The highest BCUT2D eigenvalue weighted by atomic mass is 19.4. The molecule has 0 aliphatic heterocycles. The van der Waals surface area contributed by atoms with Crippen LogP contribution in [-0.2, 0) is 4.74 Å². The molecule has 0 bridgehead atoms. The van der Waals surface area contributed by atoms with Crippen LogP contribution < -0.4 is 4.74 Å². The Hall–Kier alpha value is -1.71. The first-order valence-corrected chi connectivity index (χ1v) is 6.48. The number of aliphatic hydroxyl groups excluding tert-OH is 1. The number of hydrogen-bond acceptors (Lipinski definition) is 3. The highest BCUT2D eigenvalue weighted by Crippen LogP contribution is 2.15. The van der Waals surface area contributed by atoms with Crippen LogP contribution in [0.1, 0.15) is 18.4 Å². The summed E-state index contributed by atoms with van der Waals surface area (Å²) in [6.07, 6.45) is -3.51. The molecule has 1 rings (SSSR count). The Kier molecular flexibility index (Phi) is 7.65. The van der Waals surface area contributed by atoms with Crippen molar-refractivity contribution in [1.82, 2.24) is 0 Å². The fourth-order valence-electron chi connectivity index (χ4n) is 1.42. The van der Waals surface area contributed by atoms with E-state index >= 15 is 0 Å². The van der Waals surface area contributed by atoms with E-state index in [1.807, 2.05) is 6.07 Å². The molecule has 0 aliphatic rings. The summed E-state index contributed by atoms with van der Waals surface area (Å²) < 4.78 is 45.3. The van der Waals surface area contributed by atoms with Gasteiger partial charge in [0.2, 0.25) is 0 Å². The lowest BCUT2D eigenvalue weighted by molar-refractivity contribution is -0.174. The van der Waals surface area contributed by atoms with Crippen molar-refractivity contribution >= 4 is 0 Å². The average Bonchev–Trinajstić information content (AvgIpc) is 2.42. The van der Waals surface area contributed by atoms with Gasteiger partial charge in [0, 0.05) is 18.4 Å². The molecule has 116 valence electrons. The van der Waals surface area contributed by atoms with E-state index in [-0.39, 0.29) is 19.8 Å². The number of hydrogen-bond donors (Lipinski definition) is 1. The molecule has 0 saturated heterocycles. The summed E-state index contributed by atoms with van der Waals surface area (Å²) in [7, 11) is 0. The molecule has 0 heterocycles. The first-order chi connectivity index (χ1) is 10.0. The van der Waals surface area contributed by atoms with Crippen LogP contribution in [0.3, 0.4) is 0 Å². The number of aliphatic hydroxyl groups is 1. The molecule has 0 spiro atoms. The van der Waals surface area contributed by atoms with E-state index in [0.717, 1.165) is 5.56 Å². The zero-order valence-electron chi connectivity index (χ0n) is 11.4. The van der Waals surface area contributed by atoms with Gasteiger partial charge in [-0.3, -0.25) is 0 Å². The number of rotatable bonds is 7. The van der Waals surface area contributed by atoms with Gasteiger partial charge in [-0.25, -0.2) is 0 Å². The van der Waals surface area contributed by atoms with E-state index in [1.165, 1.54) is 0 Å². The zero-order chi connectivity index (χ0) is 15.6. The van der Waals surface area contributed by atoms with Gasteiger partial charge in [-0.2, -0.15) is 13.2 Å². The lowest BCUT2D eigenvalue weighted by atomic mass is 10.2. The van der Waals surface area contributed by atoms with Crippen molar-refractivity contribution in [3.63, 3.8) is 0 Å². The zero-order valence-corrected chi connectivity index (χ0v) is 11.4. The van der Waals surface area contributed by atoms with Crippen molar-refractivity contribution in [2.45, 2.75) is 19.0 Å². The maximum atomic E-state index is 11.8. The third kappa shape index (κ3) is 8.95. The van der Waals surface area contributed by atoms with Crippen molar-refractivity contribution in [3.8, 4) is 17.6 Å². The quantitative estimate of drug-likeness (QED) is 0.622. The molecule has 0 amide bonds. The third-order valence-corrected chi connectivity index (χ3v) is 2.27. The van der Waals surface area contributed by atoms with Crippen LogP contribution in [0.5, 0.6) is 5.75 Å². The van der Waals surface area contributed by atoms with Crippen LogP contribution in [0, 0.1) is 11.8 Å². The van der Waals surface area contributed by atoms with Gasteiger partial charge in [0.25, 0.3) is 0 Å². The molecule has 6 heteroatoms. The number of alkyl halides is 3. The predicted molar refractivity (Wildman–Crippen MR) is 72.0 cm³/mol. The molecule has 1 aromatic carbocycles. The Morgan fingerprint density at radius 3 is 2.71 bits per heavy atom. The van der Waals surface area contributed by atoms with Crippen molar-refractivity contribution in [2.24, 2.45) is 0 Å². The van der Waals surface area contributed by atoms with Gasteiger partial charge in [0.05, 0.1) is 19.8 Å². The smallest absolute Gasteiger partial charge is 0.411 e. The molecule has 0 aliphatic carbocycles. The first kappa shape index (κ1) is 17.3. The highest BCUT2D eigenvalue weighted by Gasteiger charge is 2.27. The summed E-state index contributed by atoms with van der Waals surface area (Å²) in [5.41, 5.74) is 0.759. The molecule has 1 aromatic rings. The minimum atomic E-state index is -4.29. The topological polar surface area (TPSA) is 38.7 Å². The number of halogens is 3. The monoisotopic (exact) mass is 302 g/mol. The van der Waals surface area contributed by atoms with Crippen LogP contribution in [0.4, 0.5) is 13.2 Å². The lowest BCUT2D eigenvalue weighted by Crippen LogP contribution is -2.18. The molecule has 0 aromatic heterocycles. The van der Waals surface area contributed by atoms with Crippen molar-refractivity contribution in [2.75, 3.05) is 26.4 Å². The fourth-order valence-corrected chi connectivity index (χ4v) is 1.42. The Labute approximate surface area is 121 Å². The Morgan fingerprint density at radius 2 is 2.00 bits per heavy atom. The largest absolute Gasteiger partial charge is 0.493 e. The summed E-state index contributed by atoms with van der Waals surface area (Å²) in [6, 6.07) is 7.07. The number of benzene rings is 1. The molecular weight excluding hydrogens is 285 g/mol. The second-order valence-electron chi connectivity index (χ2n) is 4.17. The van der Waals surface area contributed by atoms with Crippen LogP contribution >= 0.6 is 0 Å². The fraction of sp³-hybridized carbons (Fsp3) is 0.467. The molecule has 0 saturated carbocycles. The second-order valence-corrected chi connectivity index (χ2v) is 4.17. The van der Waals surface area contributed by atoms with Crippen LogP contribution in [0.25, 0.3) is 0 Å². The Bertz CT molecular complexity index is 475. The molecule has 0 unspecified atom stereocenters. The van der Waals surface area contributed by atoms with E-state index in [1.54, 1.807) is 18.2 Å². The van der Waals surface area contributed by atoms with Gasteiger partial charge in [-0.1, -0.05) is 17.9 Å². The Balaban J connectivity index is 2.26. The molecule has 0 atom stereocenters. The van der Waals surface area contributed by atoms with Crippen LogP contribution in [0.2, 0.25) is 0 Å². The van der Waals surface area contributed by atoms with Crippen molar-refractivity contribution in [1.29, 1.82) is 0 Å². The molecule has 0 fully saturated rings. The van der Waals surface area contributed by atoms with E-state index in [2.05, 4.69) is 16.6 Å². The lowest BCUT2D eigenvalue weighted by Gasteiger charge is -2.08. The minimum Gasteiger partial charge on any atom is -0.493 e.